The molecule has 0 aromatic heterocycles. The summed E-state index contributed by atoms with van der Waals surface area (Å²) in [5.41, 5.74) is 6.66. The lowest BCUT2D eigenvalue weighted by Gasteiger charge is -2.20. The van der Waals surface area contributed by atoms with Gasteiger partial charge >= 0.3 is 11.9 Å². The molecule has 31 heavy (non-hydrogen) atoms. The minimum absolute atomic E-state index is 0.118. The summed E-state index contributed by atoms with van der Waals surface area (Å²) in [6, 6.07) is 5.02. The molecule has 0 saturated heterocycles. The van der Waals surface area contributed by atoms with Gasteiger partial charge in [0.1, 0.15) is 11.9 Å². The number of hydrogen-bond donors (Lipinski definition) is 7. The molecule has 0 bridgehead atoms. The summed E-state index contributed by atoms with van der Waals surface area (Å²) in [6.07, 6.45) is 0.469. The van der Waals surface area contributed by atoms with E-state index in [1.54, 1.807) is 12.1 Å². The fraction of sp³-hybridized carbons (Fsp3) is 0.368. The first-order valence-corrected chi connectivity index (χ1v) is 9.50. The average Bonchev–Trinajstić information content (AvgIpc) is 2.69. The first kappa shape index (κ1) is 23.3. The number of carboxylic acid groups (broad SMARTS) is 2. The first-order chi connectivity index (χ1) is 14.7. The molecule has 12 heteroatoms. The van der Waals surface area contributed by atoms with Gasteiger partial charge in [0.15, 0.2) is 0 Å². The molecule has 1 aliphatic heterocycles. The van der Waals surface area contributed by atoms with Crippen molar-refractivity contribution in [2.24, 2.45) is 16.6 Å². The molecule has 166 valence electrons. The Balaban J connectivity index is 1.82. The van der Waals surface area contributed by atoms with Crippen molar-refractivity contribution in [3.8, 4) is 0 Å². The summed E-state index contributed by atoms with van der Waals surface area (Å²) >= 11 is 0. The molecule has 1 aliphatic rings. The van der Waals surface area contributed by atoms with E-state index in [0.29, 0.717) is 25.1 Å². The number of aliphatic imine (C=N–C) groups is 1. The third kappa shape index (κ3) is 7.10. The van der Waals surface area contributed by atoms with E-state index in [2.05, 4.69) is 20.9 Å². The number of anilines is 1. The molecule has 12 nitrogen and oxygen atoms in total. The average molecular weight is 432 g/mol. The number of carbonyl (C=O) groups is 4. The van der Waals surface area contributed by atoms with Crippen molar-refractivity contribution < 1.29 is 29.4 Å². The zero-order valence-corrected chi connectivity index (χ0v) is 16.6. The molecule has 0 radical (unpaired) electrons. The molecule has 8 N–H and O–H groups in total. The fourth-order valence-electron chi connectivity index (χ4n) is 2.90. The van der Waals surface area contributed by atoms with Crippen LogP contribution in [0.3, 0.4) is 0 Å². The highest BCUT2D eigenvalue weighted by atomic mass is 16.4. The number of benzene rings is 1. The third-order valence-electron chi connectivity index (χ3n) is 4.55. The SMILES string of the molecule is N=C1N=C(N)C(CCCNc2ccc(C(=O)NC(CCC(=O)O)C(=O)O)cc2)C(=O)N1. The number of nitrogens with one attached hydrogen (secondary N) is 4. The number of aliphatic carboxylic acids is 2. The van der Waals surface area contributed by atoms with Crippen LogP contribution in [-0.4, -0.2) is 58.3 Å². The standard InChI is InChI=1S/C19H24N6O6/c20-15-12(17(29)25-19(21)24-15)2-1-9-22-11-5-3-10(4-6-11)16(28)23-13(18(30)31)7-8-14(26)27/h3-6,12-13,22H,1-2,7-9H2,(H,23,28)(H,26,27)(H,30,31)(H4,20,21,24,25,29). The van der Waals surface area contributed by atoms with Crippen LogP contribution < -0.4 is 21.7 Å². The van der Waals surface area contributed by atoms with Crippen LogP contribution in [0, 0.1) is 11.3 Å². The van der Waals surface area contributed by atoms with E-state index >= 15 is 0 Å². The topological polar surface area (TPSA) is 207 Å². The van der Waals surface area contributed by atoms with Gasteiger partial charge in [-0.15, -0.1) is 0 Å². The van der Waals surface area contributed by atoms with Gasteiger partial charge in [0, 0.05) is 24.2 Å². The van der Waals surface area contributed by atoms with Crippen molar-refractivity contribution in [3.63, 3.8) is 0 Å². The monoisotopic (exact) mass is 432 g/mol. The smallest absolute Gasteiger partial charge is 0.326 e. The highest BCUT2D eigenvalue weighted by Gasteiger charge is 2.27. The van der Waals surface area contributed by atoms with Gasteiger partial charge in [0.05, 0.1) is 5.92 Å². The molecule has 2 unspecified atom stereocenters. The maximum Gasteiger partial charge on any atom is 0.326 e. The number of rotatable bonds is 11. The second-order valence-corrected chi connectivity index (χ2v) is 6.87. The molecule has 1 aromatic rings. The highest BCUT2D eigenvalue weighted by molar-refractivity contribution is 6.15. The molecule has 1 aromatic carbocycles. The van der Waals surface area contributed by atoms with Crippen LogP contribution in [0.4, 0.5) is 5.69 Å². The van der Waals surface area contributed by atoms with Gasteiger partial charge in [-0.05, 0) is 43.5 Å². The number of guanidine groups is 1. The van der Waals surface area contributed by atoms with Crippen molar-refractivity contribution in [3.05, 3.63) is 29.8 Å². The van der Waals surface area contributed by atoms with Crippen LogP contribution in [0.25, 0.3) is 0 Å². The largest absolute Gasteiger partial charge is 0.481 e. The summed E-state index contributed by atoms with van der Waals surface area (Å²) in [7, 11) is 0. The predicted octanol–water partition coefficient (Wildman–Crippen LogP) is -0.0355. The maximum absolute atomic E-state index is 12.2. The number of carbonyl (C=O) groups excluding carboxylic acids is 2. The molecular formula is C19H24N6O6. The molecule has 0 aliphatic carbocycles. The van der Waals surface area contributed by atoms with E-state index < -0.39 is 29.8 Å². The van der Waals surface area contributed by atoms with Crippen molar-refractivity contribution in [1.82, 2.24) is 10.6 Å². The fourth-order valence-corrected chi connectivity index (χ4v) is 2.90. The number of carboxylic acids is 2. The predicted molar refractivity (Wildman–Crippen MR) is 111 cm³/mol. The Kier molecular flexibility index (Phi) is 8.06. The Bertz CT molecular complexity index is 898. The molecule has 0 fully saturated rings. The number of nitrogens with zero attached hydrogens (tertiary/aromatic N) is 1. The third-order valence-corrected chi connectivity index (χ3v) is 4.55. The molecule has 2 rings (SSSR count). The Hall–Kier alpha value is -3.96. The first-order valence-electron chi connectivity index (χ1n) is 9.50. The van der Waals surface area contributed by atoms with Crippen LogP contribution in [0.15, 0.2) is 29.3 Å². The number of amides is 2. The minimum Gasteiger partial charge on any atom is -0.481 e. The molecular weight excluding hydrogens is 408 g/mol. The summed E-state index contributed by atoms with van der Waals surface area (Å²) in [4.78, 5) is 49.6. The lowest BCUT2D eigenvalue weighted by atomic mass is 10.00. The molecule has 2 atom stereocenters. The lowest BCUT2D eigenvalue weighted by Crippen LogP contribution is -2.46. The molecule has 1 heterocycles. The van der Waals surface area contributed by atoms with Crippen molar-refractivity contribution in [1.29, 1.82) is 5.41 Å². The van der Waals surface area contributed by atoms with Crippen LogP contribution in [-0.2, 0) is 14.4 Å². The van der Waals surface area contributed by atoms with E-state index in [-0.39, 0.29) is 36.1 Å². The summed E-state index contributed by atoms with van der Waals surface area (Å²) in [5, 5.41) is 32.9. The second-order valence-electron chi connectivity index (χ2n) is 6.87. The van der Waals surface area contributed by atoms with Crippen molar-refractivity contribution in [2.45, 2.75) is 31.7 Å². The van der Waals surface area contributed by atoms with Gasteiger partial charge in [0.25, 0.3) is 5.91 Å². The van der Waals surface area contributed by atoms with Crippen LogP contribution in [0.5, 0.6) is 0 Å². The summed E-state index contributed by atoms with van der Waals surface area (Å²) in [5.74, 6) is -4.14. The van der Waals surface area contributed by atoms with E-state index in [9.17, 15) is 19.2 Å². The van der Waals surface area contributed by atoms with Crippen LogP contribution >= 0.6 is 0 Å². The van der Waals surface area contributed by atoms with Gasteiger partial charge in [0.2, 0.25) is 11.9 Å². The summed E-state index contributed by atoms with van der Waals surface area (Å²) < 4.78 is 0. The maximum atomic E-state index is 12.2. The molecule has 0 saturated carbocycles. The lowest BCUT2D eigenvalue weighted by molar-refractivity contribution is -0.140. The van der Waals surface area contributed by atoms with Crippen LogP contribution in [0.2, 0.25) is 0 Å². The van der Waals surface area contributed by atoms with E-state index in [4.69, 9.17) is 21.4 Å². The molecule has 0 spiro atoms. The zero-order chi connectivity index (χ0) is 23.0. The number of amidine groups is 1. The van der Waals surface area contributed by atoms with Crippen LogP contribution in [0.1, 0.15) is 36.0 Å². The molecule has 2 amide bonds. The Labute approximate surface area is 177 Å². The highest BCUT2D eigenvalue weighted by Crippen LogP contribution is 2.13. The number of hydrogen-bond acceptors (Lipinski definition) is 7. The Morgan fingerprint density at radius 1 is 1.23 bits per heavy atom. The normalized spacial score (nSPS) is 16.6. The number of nitrogens with two attached hydrogens (primary N) is 1. The minimum atomic E-state index is -1.30. The van der Waals surface area contributed by atoms with Crippen molar-refractivity contribution in [2.75, 3.05) is 11.9 Å². The Morgan fingerprint density at radius 2 is 1.90 bits per heavy atom. The van der Waals surface area contributed by atoms with Gasteiger partial charge in [-0.3, -0.25) is 25.1 Å². The van der Waals surface area contributed by atoms with Crippen molar-refractivity contribution >= 4 is 41.2 Å². The summed E-state index contributed by atoms with van der Waals surface area (Å²) in [6.45, 7) is 0.524. The van der Waals surface area contributed by atoms with Gasteiger partial charge in [-0.25, -0.2) is 4.79 Å². The van der Waals surface area contributed by atoms with Gasteiger partial charge in [-0.1, -0.05) is 0 Å². The van der Waals surface area contributed by atoms with Gasteiger partial charge < -0.3 is 26.6 Å². The van der Waals surface area contributed by atoms with Gasteiger partial charge in [-0.2, -0.15) is 4.99 Å². The Morgan fingerprint density at radius 3 is 2.48 bits per heavy atom. The quantitative estimate of drug-likeness (QED) is 0.236. The van der Waals surface area contributed by atoms with E-state index in [1.807, 2.05) is 0 Å². The van der Waals surface area contributed by atoms with E-state index in [1.165, 1.54) is 12.1 Å². The van der Waals surface area contributed by atoms with E-state index in [0.717, 1.165) is 0 Å². The second kappa shape index (κ2) is 10.7. The zero-order valence-electron chi connectivity index (χ0n) is 16.6.